The van der Waals surface area contributed by atoms with Crippen molar-refractivity contribution in [3.05, 3.63) is 114 Å². The Morgan fingerprint density at radius 2 is 1.50 bits per heavy atom. The number of ketones is 2. The number of thioether (sulfide) groups is 1. The number of carbonyl (C=O) groups is 3. The number of Topliss-reactive ketones (excluding diaryl/α,β-unsaturated/α-hetero) is 2. The van der Waals surface area contributed by atoms with Crippen LogP contribution in [-0.4, -0.2) is 33.1 Å². The lowest BCUT2D eigenvalue weighted by atomic mass is 10.0. The topological polar surface area (TPSA) is 150 Å². The van der Waals surface area contributed by atoms with Gasteiger partial charge in [0, 0.05) is 46.6 Å². The van der Waals surface area contributed by atoms with Crippen molar-refractivity contribution in [2.75, 3.05) is 11.1 Å². The van der Waals surface area contributed by atoms with Crippen molar-refractivity contribution in [1.82, 2.24) is 0 Å². The number of allylic oxidation sites excluding steroid dienone is 1. The number of benzene rings is 3. The molecule has 0 saturated heterocycles. The number of hydrogen-bond acceptors (Lipinski definition) is 8. The third kappa shape index (κ3) is 4.88. The van der Waals surface area contributed by atoms with Crippen molar-refractivity contribution >= 4 is 51.9 Å². The largest absolute Gasteiger partial charge is 0.321 e. The number of fused-ring (bicyclic) bond motifs is 1. The highest BCUT2D eigenvalue weighted by atomic mass is 32.2. The van der Waals surface area contributed by atoms with E-state index in [0.29, 0.717) is 11.8 Å². The van der Waals surface area contributed by atoms with Gasteiger partial charge >= 0.3 is 0 Å². The monoisotopic (exact) mass is 507 g/mol. The molecule has 180 valence electrons. The molecule has 3 aromatic rings. The van der Waals surface area contributed by atoms with Gasteiger partial charge in [0.2, 0.25) is 0 Å². The third-order valence-electron chi connectivity index (χ3n) is 5.21. The fourth-order valence-electron chi connectivity index (χ4n) is 3.52. The van der Waals surface area contributed by atoms with Gasteiger partial charge in [-0.2, -0.15) is 0 Å². The summed E-state index contributed by atoms with van der Waals surface area (Å²) in [5.74, 6) is -3.11. The number of carbonyl (C=O) groups excluding carboxylic acids is 3. The lowest BCUT2D eigenvalue weighted by Gasteiger charge is -2.10. The molecule has 10 nitrogen and oxygen atoms in total. The zero-order valence-corrected chi connectivity index (χ0v) is 18.9. The molecule has 1 N–H and O–H groups in total. The maximum absolute atomic E-state index is 14.0. The molecule has 3 aromatic carbocycles. The number of hydrogen-bond donors (Lipinski definition) is 1. The molecule has 0 radical (unpaired) electrons. The third-order valence-corrected chi connectivity index (χ3v) is 6.29. The molecule has 0 saturated carbocycles. The number of anilines is 1. The number of nitro benzene ring substituents is 2. The molecule has 0 bridgehead atoms. The lowest BCUT2D eigenvalue weighted by molar-refractivity contribution is -0.385. The Morgan fingerprint density at radius 3 is 2.14 bits per heavy atom. The average Bonchev–Trinajstić information content (AvgIpc) is 3.18. The van der Waals surface area contributed by atoms with E-state index >= 15 is 0 Å². The molecule has 0 atom stereocenters. The Kier molecular flexibility index (Phi) is 6.70. The first-order valence-corrected chi connectivity index (χ1v) is 11.2. The highest BCUT2D eigenvalue weighted by Crippen LogP contribution is 2.39. The van der Waals surface area contributed by atoms with Crippen molar-refractivity contribution < 1.29 is 28.6 Å². The van der Waals surface area contributed by atoms with Gasteiger partial charge < -0.3 is 5.32 Å². The van der Waals surface area contributed by atoms with Crippen molar-refractivity contribution in [2.45, 2.75) is 0 Å². The van der Waals surface area contributed by atoms with Crippen LogP contribution in [-0.2, 0) is 4.79 Å². The minimum Gasteiger partial charge on any atom is -0.321 e. The van der Waals surface area contributed by atoms with Crippen molar-refractivity contribution in [2.24, 2.45) is 0 Å². The van der Waals surface area contributed by atoms with Crippen LogP contribution in [0.3, 0.4) is 0 Å². The van der Waals surface area contributed by atoms with Gasteiger partial charge in [-0.25, -0.2) is 4.39 Å². The van der Waals surface area contributed by atoms with Gasteiger partial charge in [0.15, 0.2) is 11.6 Å². The number of nitro groups is 2. The summed E-state index contributed by atoms with van der Waals surface area (Å²) < 4.78 is 14.0. The van der Waals surface area contributed by atoms with Crippen LogP contribution in [0.1, 0.15) is 26.3 Å². The number of nitrogens with zero attached hydrogens (tertiary/aromatic N) is 2. The second-order valence-electron chi connectivity index (χ2n) is 7.50. The van der Waals surface area contributed by atoms with Gasteiger partial charge in [-0.15, -0.1) is 11.8 Å². The minimum absolute atomic E-state index is 0.0196. The Morgan fingerprint density at radius 1 is 0.889 bits per heavy atom. The molecule has 0 aliphatic carbocycles. The van der Waals surface area contributed by atoms with Gasteiger partial charge in [0.25, 0.3) is 17.3 Å². The molecule has 0 spiro atoms. The predicted octanol–water partition coefficient (Wildman–Crippen LogP) is 4.80. The first kappa shape index (κ1) is 24.4. The highest BCUT2D eigenvalue weighted by Gasteiger charge is 2.32. The van der Waals surface area contributed by atoms with Gasteiger partial charge in [-0.3, -0.25) is 34.6 Å². The van der Waals surface area contributed by atoms with Crippen LogP contribution in [0.4, 0.5) is 21.5 Å². The summed E-state index contributed by atoms with van der Waals surface area (Å²) in [6.45, 7) is 0. The molecule has 12 heteroatoms. The zero-order chi connectivity index (χ0) is 26.0. The maximum atomic E-state index is 14.0. The van der Waals surface area contributed by atoms with E-state index in [0.717, 1.165) is 24.3 Å². The number of non-ortho nitro benzene ring substituents is 2. The van der Waals surface area contributed by atoms with E-state index in [2.05, 4.69) is 5.32 Å². The van der Waals surface area contributed by atoms with E-state index in [9.17, 15) is 39.0 Å². The summed E-state index contributed by atoms with van der Waals surface area (Å²) in [5, 5.41) is 24.7. The van der Waals surface area contributed by atoms with Crippen LogP contribution in [0, 0.1) is 26.0 Å². The van der Waals surface area contributed by atoms with Gasteiger partial charge in [0.1, 0.15) is 5.82 Å². The zero-order valence-electron chi connectivity index (χ0n) is 18.1. The SMILES string of the molecule is O=C1Nc2ccc(F)cc2/C1=C(/SCC(=O)c1cccc([N+](=O)[O-])c1)C(=O)c1cccc([N+](=O)[O-])c1. The molecule has 0 fully saturated rings. The number of rotatable bonds is 8. The summed E-state index contributed by atoms with van der Waals surface area (Å²) in [4.78, 5) is 59.7. The lowest BCUT2D eigenvalue weighted by Crippen LogP contribution is -2.12. The predicted molar refractivity (Wildman–Crippen MR) is 129 cm³/mol. The fourth-order valence-corrected chi connectivity index (χ4v) is 4.56. The smallest absolute Gasteiger partial charge is 0.270 e. The van der Waals surface area contributed by atoms with Crippen LogP contribution < -0.4 is 5.32 Å². The summed E-state index contributed by atoms with van der Waals surface area (Å²) in [5.41, 5.74) is -0.569. The van der Waals surface area contributed by atoms with Crippen LogP contribution in [0.25, 0.3) is 5.57 Å². The molecule has 36 heavy (non-hydrogen) atoms. The highest BCUT2D eigenvalue weighted by molar-refractivity contribution is 8.04. The van der Waals surface area contributed by atoms with E-state index in [-0.39, 0.29) is 44.2 Å². The molecule has 1 amide bonds. The van der Waals surface area contributed by atoms with Crippen molar-refractivity contribution in [1.29, 1.82) is 0 Å². The molecule has 4 rings (SSSR count). The van der Waals surface area contributed by atoms with Crippen LogP contribution in [0.15, 0.2) is 71.6 Å². The van der Waals surface area contributed by atoms with E-state index in [1.54, 1.807) is 0 Å². The van der Waals surface area contributed by atoms with Crippen LogP contribution >= 0.6 is 11.8 Å². The van der Waals surface area contributed by atoms with E-state index in [4.69, 9.17) is 0 Å². The van der Waals surface area contributed by atoms with Crippen molar-refractivity contribution in [3.8, 4) is 0 Å². The Hall–Kier alpha value is -4.71. The van der Waals surface area contributed by atoms with E-state index < -0.39 is 38.9 Å². The van der Waals surface area contributed by atoms with Gasteiger partial charge in [0.05, 0.1) is 26.1 Å². The second kappa shape index (κ2) is 9.88. The van der Waals surface area contributed by atoms with Crippen molar-refractivity contribution in [3.63, 3.8) is 0 Å². The first-order chi connectivity index (χ1) is 17.2. The number of halogens is 1. The molecule has 0 unspecified atom stereocenters. The standard InChI is InChI=1S/C24H14FN3O7S/c25-15-7-8-19-18(11-15)21(24(31)26-19)23(22(30)14-4-2-6-17(10-14)28(34)35)36-12-20(29)13-3-1-5-16(9-13)27(32)33/h1-11H,12H2,(H,26,31)/b23-21-. The molecular weight excluding hydrogens is 493 g/mol. The summed E-state index contributed by atoms with van der Waals surface area (Å²) >= 11 is 0.684. The fraction of sp³-hybridized carbons (Fsp3) is 0.0417. The Bertz CT molecular complexity index is 1500. The summed E-state index contributed by atoms with van der Waals surface area (Å²) in [7, 11) is 0. The van der Waals surface area contributed by atoms with Gasteiger partial charge in [-0.05, 0) is 18.2 Å². The van der Waals surface area contributed by atoms with Crippen LogP contribution in [0.2, 0.25) is 0 Å². The van der Waals surface area contributed by atoms with E-state index in [1.807, 2.05) is 0 Å². The number of nitrogens with one attached hydrogen (secondary N) is 1. The summed E-state index contributed by atoms with van der Waals surface area (Å²) in [6, 6.07) is 13.4. The van der Waals surface area contributed by atoms with Gasteiger partial charge in [-0.1, -0.05) is 24.3 Å². The average molecular weight is 507 g/mol. The summed E-state index contributed by atoms with van der Waals surface area (Å²) in [6.07, 6.45) is 0. The Labute approximate surface area is 206 Å². The molecule has 1 aliphatic heterocycles. The molecular formula is C24H14FN3O7S. The molecule has 1 aliphatic rings. The maximum Gasteiger partial charge on any atom is 0.270 e. The molecule has 0 aromatic heterocycles. The quantitative estimate of drug-likeness (QED) is 0.198. The van der Waals surface area contributed by atoms with Crippen LogP contribution in [0.5, 0.6) is 0 Å². The minimum atomic E-state index is -0.780. The molecule has 1 heterocycles. The number of amides is 1. The first-order valence-electron chi connectivity index (χ1n) is 10.2. The normalized spacial score (nSPS) is 13.5. The van der Waals surface area contributed by atoms with E-state index in [1.165, 1.54) is 42.5 Å². The second-order valence-corrected chi connectivity index (χ2v) is 8.49. The Balaban J connectivity index is 1.77.